The molecule has 0 spiro atoms. The number of halogens is 1. The minimum atomic E-state index is -0.448. The van der Waals surface area contributed by atoms with Crippen LogP contribution in [-0.4, -0.2) is 41.3 Å². The van der Waals surface area contributed by atoms with Crippen LogP contribution in [0.4, 0.5) is 4.39 Å². The molecule has 1 aliphatic heterocycles. The predicted molar refractivity (Wildman–Crippen MR) is 121 cm³/mol. The van der Waals surface area contributed by atoms with Gasteiger partial charge in [-0.05, 0) is 42.3 Å². The Morgan fingerprint density at radius 3 is 2.56 bits per heavy atom. The number of nitrogens with zero attached hydrogens (tertiary/aromatic N) is 2. The van der Waals surface area contributed by atoms with E-state index < -0.39 is 5.82 Å². The molecule has 1 aromatic heterocycles. The number of aromatic nitrogens is 1. The van der Waals surface area contributed by atoms with Crippen molar-refractivity contribution in [2.75, 3.05) is 19.6 Å². The smallest absolute Gasteiger partial charge is 0.253 e. The standard InChI is InChI=1S/C26H26FN3O2/c27-23-10-6-9-20(16-23)26(32)30-17-21(19-7-2-1-3-8-19)15-22(18-30)25(31)29-14-12-24-11-4-5-13-28-24/h1-11,13,16,21-22H,12,14-15,17-18H2,(H,29,31)/t21-,22-/m1/s1. The minimum absolute atomic E-state index is 0.0361. The van der Waals surface area contributed by atoms with Gasteiger partial charge in [0.05, 0.1) is 5.92 Å². The molecule has 0 radical (unpaired) electrons. The molecular formula is C26H26FN3O2. The van der Waals surface area contributed by atoms with Crippen LogP contribution in [0, 0.1) is 11.7 Å². The van der Waals surface area contributed by atoms with Gasteiger partial charge in [0.1, 0.15) is 5.82 Å². The minimum Gasteiger partial charge on any atom is -0.355 e. The van der Waals surface area contributed by atoms with E-state index in [0.29, 0.717) is 38.0 Å². The summed E-state index contributed by atoms with van der Waals surface area (Å²) >= 11 is 0. The molecule has 3 aromatic rings. The molecule has 1 N–H and O–H groups in total. The fourth-order valence-corrected chi connectivity index (χ4v) is 4.23. The van der Waals surface area contributed by atoms with Crippen molar-refractivity contribution < 1.29 is 14.0 Å². The number of benzene rings is 2. The van der Waals surface area contributed by atoms with Crippen LogP contribution in [0.15, 0.2) is 79.0 Å². The molecule has 32 heavy (non-hydrogen) atoms. The first-order chi connectivity index (χ1) is 15.6. The van der Waals surface area contributed by atoms with E-state index in [9.17, 15) is 14.0 Å². The summed E-state index contributed by atoms with van der Waals surface area (Å²) in [5, 5.41) is 3.00. The SMILES string of the molecule is O=C(NCCc1ccccn1)[C@@H]1C[C@@H](c2ccccc2)CN(C(=O)c2cccc(F)c2)C1. The molecule has 0 aliphatic carbocycles. The van der Waals surface area contributed by atoms with E-state index in [0.717, 1.165) is 11.3 Å². The lowest BCUT2D eigenvalue weighted by Gasteiger charge is -2.37. The summed E-state index contributed by atoms with van der Waals surface area (Å²) < 4.78 is 13.7. The summed E-state index contributed by atoms with van der Waals surface area (Å²) in [6.07, 6.45) is 3.04. The van der Waals surface area contributed by atoms with Gasteiger partial charge in [0.2, 0.25) is 5.91 Å². The largest absolute Gasteiger partial charge is 0.355 e. The van der Waals surface area contributed by atoms with Gasteiger partial charge in [-0.3, -0.25) is 14.6 Å². The molecular weight excluding hydrogens is 405 g/mol. The van der Waals surface area contributed by atoms with Crippen molar-refractivity contribution in [3.8, 4) is 0 Å². The fraction of sp³-hybridized carbons (Fsp3) is 0.269. The molecule has 164 valence electrons. The van der Waals surface area contributed by atoms with Gasteiger partial charge in [-0.2, -0.15) is 0 Å². The maximum Gasteiger partial charge on any atom is 0.253 e. The maximum absolute atomic E-state index is 13.7. The third kappa shape index (κ3) is 5.38. The first kappa shape index (κ1) is 21.7. The van der Waals surface area contributed by atoms with Crippen LogP contribution >= 0.6 is 0 Å². The number of piperidine rings is 1. The van der Waals surface area contributed by atoms with Gasteiger partial charge < -0.3 is 10.2 Å². The summed E-state index contributed by atoms with van der Waals surface area (Å²) in [6.45, 7) is 1.30. The molecule has 0 saturated carbocycles. The van der Waals surface area contributed by atoms with Crippen LogP contribution in [0.3, 0.4) is 0 Å². The molecule has 1 saturated heterocycles. The summed E-state index contributed by atoms with van der Waals surface area (Å²) in [6, 6.07) is 21.3. The van der Waals surface area contributed by atoms with Crippen LogP contribution in [0.1, 0.15) is 34.0 Å². The summed E-state index contributed by atoms with van der Waals surface area (Å²) in [7, 11) is 0. The van der Waals surface area contributed by atoms with Gasteiger partial charge in [-0.15, -0.1) is 0 Å². The van der Waals surface area contributed by atoms with Gasteiger partial charge in [-0.1, -0.05) is 42.5 Å². The van der Waals surface area contributed by atoms with Gasteiger partial charge in [0.15, 0.2) is 0 Å². The van der Waals surface area contributed by atoms with E-state index in [2.05, 4.69) is 10.3 Å². The van der Waals surface area contributed by atoms with E-state index in [1.807, 2.05) is 48.5 Å². The van der Waals surface area contributed by atoms with Crippen LogP contribution < -0.4 is 5.32 Å². The average Bonchev–Trinajstić information content (AvgIpc) is 2.84. The lowest BCUT2D eigenvalue weighted by Crippen LogP contribution is -2.48. The first-order valence-corrected chi connectivity index (χ1v) is 10.9. The lowest BCUT2D eigenvalue weighted by atomic mass is 9.83. The molecule has 4 rings (SSSR count). The van der Waals surface area contributed by atoms with E-state index in [4.69, 9.17) is 0 Å². The van der Waals surface area contributed by atoms with Gasteiger partial charge in [0, 0.05) is 49.4 Å². The van der Waals surface area contributed by atoms with Gasteiger partial charge in [0.25, 0.3) is 5.91 Å². The highest BCUT2D eigenvalue weighted by Gasteiger charge is 2.34. The Hall–Kier alpha value is -3.54. The number of likely N-dealkylation sites (tertiary alicyclic amines) is 1. The Labute approximate surface area is 187 Å². The zero-order valence-corrected chi connectivity index (χ0v) is 17.8. The molecule has 1 fully saturated rings. The van der Waals surface area contributed by atoms with Crippen molar-refractivity contribution in [3.05, 3.63) is 102 Å². The van der Waals surface area contributed by atoms with Crippen LogP contribution in [-0.2, 0) is 11.2 Å². The average molecular weight is 432 g/mol. The fourth-order valence-electron chi connectivity index (χ4n) is 4.23. The Balaban J connectivity index is 1.47. The molecule has 5 nitrogen and oxygen atoms in total. The predicted octanol–water partition coefficient (Wildman–Crippen LogP) is 3.83. The molecule has 6 heteroatoms. The second kappa shape index (κ2) is 10.2. The van der Waals surface area contributed by atoms with E-state index in [-0.39, 0.29) is 23.7 Å². The van der Waals surface area contributed by atoms with E-state index in [1.54, 1.807) is 17.2 Å². The lowest BCUT2D eigenvalue weighted by molar-refractivity contribution is -0.126. The topological polar surface area (TPSA) is 62.3 Å². The highest BCUT2D eigenvalue weighted by Crippen LogP contribution is 2.31. The number of amides is 2. The quantitative estimate of drug-likeness (QED) is 0.645. The summed E-state index contributed by atoms with van der Waals surface area (Å²) in [5.41, 5.74) is 2.31. The third-order valence-electron chi connectivity index (χ3n) is 5.86. The molecule has 0 bridgehead atoms. The Morgan fingerprint density at radius 1 is 1.00 bits per heavy atom. The summed E-state index contributed by atoms with van der Waals surface area (Å²) in [5.74, 6) is -1.07. The number of rotatable bonds is 6. The number of hydrogen-bond donors (Lipinski definition) is 1. The highest BCUT2D eigenvalue weighted by molar-refractivity contribution is 5.94. The first-order valence-electron chi connectivity index (χ1n) is 10.9. The molecule has 2 aromatic carbocycles. The molecule has 2 amide bonds. The zero-order chi connectivity index (χ0) is 22.3. The van der Waals surface area contributed by atoms with Gasteiger partial charge in [-0.25, -0.2) is 4.39 Å². The molecule has 1 aliphatic rings. The zero-order valence-electron chi connectivity index (χ0n) is 17.8. The second-order valence-corrected chi connectivity index (χ2v) is 8.12. The van der Waals surface area contributed by atoms with Crippen molar-refractivity contribution in [1.82, 2.24) is 15.2 Å². The monoisotopic (exact) mass is 431 g/mol. The normalized spacial score (nSPS) is 18.2. The number of pyridine rings is 1. The van der Waals surface area contributed by atoms with Crippen LogP contribution in [0.5, 0.6) is 0 Å². The Bertz CT molecular complexity index is 1060. The second-order valence-electron chi connectivity index (χ2n) is 8.12. The van der Waals surface area contributed by atoms with Crippen molar-refractivity contribution in [1.29, 1.82) is 0 Å². The molecule has 2 heterocycles. The molecule has 2 atom stereocenters. The summed E-state index contributed by atoms with van der Waals surface area (Å²) in [4.78, 5) is 32.1. The molecule has 0 unspecified atom stereocenters. The maximum atomic E-state index is 13.7. The van der Waals surface area contributed by atoms with E-state index in [1.165, 1.54) is 18.2 Å². The van der Waals surface area contributed by atoms with Crippen molar-refractivity contribution in [2.45, 2.75) is 18.8 Å². The van der Waals surface area contributed by atoms with Crippen molar-refractivity contribution >= 4 is 11.8 Å². The number of nitrogens with one attached hydrogen (secondary N) is 1. The Kier molecular flexibility index (Phi) is 6.90. The number of carbonyl (C=O) groups is 2. The highest BCUT2D eigenvalue weighted by atomic mass is 19.1. The van der Waals surface area contributed by atoms with Crippen molar-refractivity contribution in [2.24, 2.45) is 5.92 Å². The van der Waals surface area contributed by atoms with Crippen LogP contribution in [0.2, 0.25) is 0 Å². The van der Waals surface area contributed by atoms with Crippen molar-refractivity contribution in [3.63, 3.8) is 0 Å². The number of hydrogen-bond acceptors (Lipinski definition) is 3. The number of carbonyl (C=O) groups excluding carboxylic acids is 2. The van der Waals surface area contributed by atoms with E-state index >= 15 is 0 Å². The van der Waals surface area contributed by atoms with Gasteiger partial charge >= 0.3 is 0 Å². The third-order valence-corrected chi connectivity index (χ3v) is 5.86. The van der Waals surface area contributed by atoms with Crippen LogP contribution in [0.25, 0.3) is 0 Å². The Morgan fingerprint density at radius 2 is 1.81 bits per heavy atom.